The lowest BCUT2D eigenvalue weighted by Gasteiger charge is -2.08. The van der Waals surface area contributed by atoms with Gasteiger partial charge in [-0.05, 0) is 35.9 Å². The minimum atomic E-state index is -1.09. The maximum Gasteiger partial charge on any atom is 0.309 e. The average Bonchev–Trinajstić information content (AvgIpc) is 2.26. The Morgan fingerprint density at radius 2 is 1.84 bits per heavy atom. The van der Waals surface area contributed by atoms with Crippen LogP contribution in [0.5, 0.6) is 0 Å². The Balaban J connectivity index is 2.57. The molecule has 0 bridgehead atoms. The highest BCUT2D eigenvalue weighted by Crippen LogP contribution is 2.29. The third-order valence-corrected chi connectivity index (χ3v) is 2.87. The molecule has 1 aromatic carbocycles. The fourth-order valence-corrected chi connectivity index (χ4v) is 2.25. The van der Waals surface area contributed by atoms with Crippen LogP contribution in [0.25, 0.3) is 11.1 Å². The molecule has 19 heavy (non-hydrogen) atoms. The van der Waals surface area contributed by atoms with Crippen molar-refractivity contribution in [2.24, 2.45) is 0 Å². The van der Waals surface area contributed by atoms with Crippen molar-refractivity contribution in [2.45, 2.75) is 6.42 Å². The van der Waals surface area contributed by atoms with Gasteiger partial charge >= 0.3 is 5.97 Å². The number of carbonyl (C=O) groups is 1. The molecule has 0 aliphatic carbocycles. The number of halogens is 3. The number of hydrogen-bond acceptors (Lipinski definition) is 2. The molecule has 0 saturated carbocycles. The fraction of sp³-hybridized carbons (Fsp3) is 0.0769. The minimum absolute atomic E-state index is 0.130. The number of aromatic nitrogens is 1. The van der Waals surface area contributed by atoms with E-state index in [9.17, 15) is 9.18 Å². The van der Waals surface area contributed by atoms with E-state index in [4.69, 9.17) is 28.3 Å². The molecule has 0 aliphatic rings. The van der Waals surface area contributed by atoms with Crippen LogP contribution in [0, 0.1) is 5.95 Å². The highest BCUT2D eigenvalue weighted by molar-refractivity contribution is 6.35. The topological polar surface area (TPSA) is 50.2 Å². The number of pyridine rings is 1. The Kier molecular flexibility index (Phi) is 4.02. The van der Waals surface area contributed by atoms with E-state index in [2.05, 4.69) is 4.98 Å². The SMILES string of the molecule is O=C(O)Cc1nc(F)ccc1-c1cc(Cl)cc(Cl)c1. The van der Waals surface area contributed by atoms with E-state index in [0.717, 1.165) is 6.07 Å². The summed E-state index contributed by atoms with van der Waals surface area (Å²) in [4.78, 5) is 14.4. The van der Waals surface area contributed by atoms with Gasteiger partial charge in [0, 0.05) is 15.6 Å². The molecule has 0 amide bonds. The number of hydrogen-bond donors (Lipinski definition) is 1. The number of carboxylic acid groups (broad SMARTS) is 1. The summed E-state index contributed by atoms with van der Waals surface area (Å²) in [5.74, 6) is -1.82. The molecule has 0 aliphatic heterocycles. The number of aliphatic carboxylic acids is 1. The Bertz CT molecular complexity index is 626. The van der Waals surface area contributed by atoms with Crippen LogP contribution >= 0.6 is 23.2 Å². The first-order valence-corrected chi connectivity index (χ1v) is 6.05. The number of rotatable bonds is 3. The summed E-state index contributed by atoms with van der Waals surface area (Å²) < 4.78 is 13.1. The van der Waals surface area contributed by atoms with Crippen molar-refractivity contribution in [1.82, 2.24) is 4.98 Å². The van der Waals surface area contributed by atoms with E-state index in [-0.39, 0.29) is 12.1 Å². The van der Waals surface area contributed by atoms with Crippen LogP contribution in [-0.4, -0.2) is 16.1 Å². The highest BCUT2D eigenvalue weighted by Gasteiger charge is 2.12. The van der Waals surface area contributed by atoms with Gasteiger partial charge in [-0.2, -0.15) is 4.39 Å². The first-order chi connectivity index (χ1) is 8.95. The molecule has 0 spiro atoms. The van der Waals surface area contributed by atoms with Crippen molar-refractivity contribution in [3.8, 4) is 11.1 Å². The van der Waals surface area contributed by atoms with Gasteiger partial charge in [-0.15, -0.1) is 0 Å². The van der Waals surface area contributed by atoms with Crippen LogP contribution in [0.1, 0.15) is 5.69 Å². The predicted molar refractivity (Wildman–Crippen MR) is 71.0 cm³/mol. The molecule has 98 valence electrons. The van der Waals surface area contributed by atoms with E-state index in [1.54, 1.807) is 18.2 Å². The normalized spacial score (nSPS) is 10.5. The second-order valence-corrected chi connectivity index (χ2v) is 4.73. The van der Waals surface area contributed by atoms with Crippen molar-refractivity contribution in [2.75, 3.05) is 0 Å². The van der Waals surface area contributed by atoms with Crippen molar-refractivity contribution in [3.05, 3.63) is 52.0 Å². The maximum absolute atomic E-state index is 13.1. The van der Waals surface area contributed by atoms with Crippen LogP contribution in [0.15, 0.2) is 30.3 Å². The molecule has 1 aromatic heterocycles. The second-order valence-electron chi connectivity index (χ2n) is 3.86. The molecule has 0 saturated heterocycles. The standard InChI is InChI=1S/C13H8Cl2FNO2/c14-8-3-7(4-9(15)5-8)10-1-2-12(16)17-11(10)6-13(18)19/h1-5H,6H2,(H,18,19). The van der Waals surface area contributed by atoms with Gasteiger partial charge in [-0.3, -0.25) is 4.79 Å². The monoisotopic (exact) mass is 299 g/mol. The largest absolute Gasteiger partial charge is 0.481 e. The predicted octanol–water partition coefficient (Wildman–Crippen LogP) is 3.82. The van der Waals surface area contributed by atoms with E-state index >= 15 is 0 Å². The highest BCUT2D eigenvalue weighted by atomic mass is 35.5. The Morgan fingerprint density at radius 3 is 2.42 bits per heavy atom. The third-order valence-electron chi connectivity index (χ3n) is 2.43. The molecule has 0 atom stereocenters. The number of carboxylic acids is 1. The molecule has 6 heteroatoms. The first kappa shape index (κ1) is 13.8. The summed E-state index contributed by atoms with van der Waals surface area (Å²) in [6.45, 7) is 0. The Morgan fingerprint density at radius 1 is 1.21 bits per heavy atom. The molecule has 2 aromatic rings. The summed E-state index contributed by atoms with van der Waals surface area (Å²) in [5, 5.41) is 9.64. The van der Waals surface area contributed by atoms with Crippen LogP contribution in [0.4, 0.5) is 4.39 Å². The first-order valence-electron chi connectivity index (χ1n) is 5.29. The molecule has 0 unspecified atom stereocenters. The zero-order chi connectivity index (χ0) is 14.0. The quantitative estimate of drug-likeness (QED) is 0.877. The molecule has 0 fully saturated rings. The third kappa shape index (κ3) is 3.43. The smallest absolute Gasteiger partial charge is 0.309 e. The van der Waals surface area contributed by atoms with Gasteiger partial charge in [-0.1, -0.05) is 23.2 Å². The van der Waals surface area contributed by atoms with Gasteiger partial charge in [-0.25, -0.2) is 4.98 Å². The molecule has 2 rings (SSSR count). The molecule has 1 heterocycles. The van der Waals surface area contributed by atoms with Gasteiger partial charge in [0.05, 0.1) is 12.1 Å². The minimum Gasteiger partial charge on any atom is -0.481 e. The fourth-order valence-electron chi connectivity index (χ4n) is 1.72. The van der Waals surface area contributed by atoms with Crippen molar-refractivity contribution in [1.29, 1.82) is 0 Å². The van der Waals surface area contributed by atoms with Crippen LogP contribution in [0.2, 0.25) is 10.0 Å². The number of benzene rings is 1. The van der Waals surface area contributed by atoms with Crippen LogP contribution in [0.3, 0.4) is 0 Å². The second kappa shape index (κ2) is 5.55. The van der Waals surface area contributed by atoms with Gasteiger partial charge in [0.25, 0.3) is 0 Å². The van der Waals surface area contributed by atoms with E-state index < -0.39 is 11.9 Å². The molecular weight excluding hydrogens is 292 g/mol. The summed E-state index contributed by atoms with van der Waals surface area (Å²) in [7, 11) is 0. The molecular formula is C13H8Cl2FNO2. The van der Waals surface area contributed by atoms with Gasteiger partial charge in [0.1, 0.15) is 0 Å². The number of nitrogens with zero attached hydrogens (tertiary/aromatic N) is 1. The molecule has 3 nitrogen and oxygen atoms in total. The van der Waals surface area contributed by atoms with Crippen molar-refractivity contribution < 1.29 is 14.3 Å². The van der Waals surface area contributed by atoms with Gasteiger partial charge < -0.3 is 5.11 Å². The Hall–Kier alpha value is -1.65. The summed E-state index contributed by atoms with van der Waals surface area (Å²) >= 11 is 11.8. The van der Waals surface area contributed by atoms with Crippen molar-refractivity contribution >= 4 is 29.2 Å². The van der Waals surface area contributed by atoms with Gasteiger partial charge in [0.15, 0.2) is 0 Å². The average molecular weight is 300 g/mol. The van der Waals surface area contributed by atoms with Crippen LogP contribution < -0.4 is 0 Å². The molecule has 0 radical (unpaired) electrons. The zero-order valence-corrected chi connectivity index (χ0v) is 11.0. The summed E-state index contributed by atoms with van der Waals surface area (Å²) in [5.41, 5.74) is 1.22. The summed E-state index contributed by atoms with van der Waals surface area (Å²) in [6.07, 6.45) is -0.378. The summed E-state index contributed by atoms with van der Waals surface area (Å²) in [6, 6.07) is 7.42. The maximum atomic E-state index is 13.1. The zero-order valence-electron chi connectivity index (χ0n) is 9.53. The van der Waals surface area contributed by atoms with E-state index in [1.807, 2.05) is 0 Å². The molecule has 1 N–H and O–H groups in total. The van der Waals surface area contributed by atoms with Crippen molar-refractivity contribution in [3.63, 3.8) is 0 Å². The lowest BCUT2D eigenvalue weighted by atomic mass is 10.0. The Labute approximate surface area is 118 Å². The van der Waals surface area contributed by atoms with Gasteiger partial charge in [0.2, 0.25) is 5.95 Å². The van der Waals surface area contributed by atoms with E-state index in [1.165, 1.54) is 6.07 Å². The lowest BCUT2D eigenvalue weighted by Crippen LogP contribution is -2.05. The van der Waals surface area contributed by atoms with Crippen LogP contribution in [-0.2, 0) is 11.2 Å². The van der Waals surface area contributed by atoms with E-state index in [0.29, 0.717) is 21.2 Å². The lowest BCUT2D eigenvalue weighted by molar-refractivity contribution is -0.136.